The lowest BCUT2D eigenvalue weighted by molar-refractivity contribution is 0.0726. The summed E-state index contributed by atoms with van der Waals surface area (Å²) in [6, 6.07) is 0. The van der Waals surface area contributed by atoms with Gasteiger partial charge in [0.05, 0.1) is 12.7 Å². The van der Waals surface area contributed by atoms with Crippen molar-refractivity contribution in [3.8, 4) is 0 Å². The SMILES string of the molecule is COCC(O)CNc1nc(NN)nc(N(C)C)n1. The standard InChI is InChI=1S/C9H19N7O2/c1-16(2)9-13-7(12-8(14-9)15-10)11-4-6(17)5-18-3/h6,17H,4-5,10H2,1-3H3,(H2,11,12,13,14,15). The fraction of sp³-hybridized carbons (Fsp3) is 0.667. The zero-order valence-corrected chi connectivity index (χ0v) is 10.7. The van der Waals surface area contributed by atoms with Crippen molar-refractivity contribution in [3.05, 3.63) is 0 Å². The zero-order chi connectivity index (χ0) is 13.5. The Kier molecular flexibility index (Phi) is 5.49. The van der Waals surface area contributed by atoms with E-state index >= 15 is 0 Å². The van der Waals surface area contributed by atoms with E-state index < -0.39 is 6.10 Å². The van der Waals surface area contributed by atoms with Gasteiger partial charge in [-0.25, -0.2) is 5.84 Å². The minimum Gasteiger partial charge on any atom is -0.389 e. The molecule has 1 aromatic heterocycles. The third-order valence-corrected chi connectivity index (χ3v) is 2.01. The summed E-state index contributed by atoms with van der Waals surface area (Å²) in [6.45, 7) is 0.509. The number of aromatic nitrogens is 3. The molecule has 0 spiro atoms. The largest absolute Gasteiger partial charge is 0.389 e. The van der Waals surface area contributed by atoms with E-state index in [0.717, 1.165) is 0 Å². The van der Waals surface area contributed by atoms with Crippen LogP contribution in [-0.4, -0.2) is 60.5 Å². The first-order chi connectivity index (χ1) is 8.56. The Labute approximate surface area is 105 Å². The van der Waals surface area contributed by atoms with Crippen molar-refractivity contribution in [1.82, 2.24) is 15.0 Å². The van der Waals surface area contributed by atoms with E-state index in [9.17, 15) is 5.11 Å². The summed E-state index contributed by atoms with van der Waals surface area (Å²) in [6.07, 6.45) is -0.635. The lowest BCUT2D eigenvalue weighted by atomic mass is 10.4. The maximum Gasteiger partial charge on any atom is 0.243 e. The molecule has 1 unspecified atom stereocenters. The van der Waals surface area contributed by atoms with E-state index in [1.54, 1.807) is 19.0 Å². The third-order valence-electron chi connectivity index (χ3n) is 2.01. The van der Waals surface area contributed by atoms with Crippen molar-refractivity contribution in [2.24, 2.45) is 5.84 Å². The highest BCUT2D eigenvalue weighted by atomic mass is 16.5. The number of hydrazine groups is 1. The summed E-state index contributed by atoms with van der Waals surface area (Å²) in [5.74, 6) is 6.31. The van der Waals surface area contributed by atoms with Crippen molar-refractivity contribution in [2.45, 2.75) is 6.10 Å². The van der Waals surface area contributed by atoms with Gasteiger partial charge in [-0.3, -0.25) is 5.43 Å². The maximum absolute atomic E-state index is 9.51. The number of hydrogen-bond acceptors (Lipinski definition) is 9. The summed E-state index contributed by atoms with van der Waals surface area (Å²) in [5, 5.41) is 12.4. The second kappa shape index (κ2) is 6.89. The number of anilines is 3. The van der Waals surface area contributed by atoms with Gasteiger partial charge < -0.3 is 20.1 Å². The molecule has 1 atom stereocenters. The smallest absolute Gasteiger partial charge is 0.243 e. The van der Waals surface area contributed by atoms with Crippen LogP contribution in [0.2, 0.25) is 0 Å². The van der Waals surface area contributed by atoms with Crippen molar-refractivity contribution in [1.29, 1.82) is 0 Å². The summed E-state index contributed by atoms with van der Waals surface area (Å²) >= 11 is 0. The van der Waals surface area contributed by atoms with Crippen LogP contribution in [0, 0.1) is 0 Å². The Hall–Kier alpha value is -1.71. The van der Waals surface area contributed by atoms with Gasteiger partial charge in [-0.05, 0) is 0 Å². The zero-order valence-electron chi connectivity index (χ0n) is 10.7. The first-order valence-corrected chi connectivity index (χ1v) is 5.37. The molecule has 1 aromatic rings. The fourth-order valence-electron chi connectivity index (χ4n) is 1.17. The van der Waals surface area contributed by atoms with Crippen LogP contribution in [0.3, 0.4) is 0 Å². The highest BCUT2D eigenvalue weighted by molar-refractivity contribution is 5.42. The van der Waals surface area contributed by atoms with Crippen LogP contribution in [0.4, 0.5) is 17.8 Å². The molecule has 0 aromatic carbocycles. The van der Waals surface area contributed by atoms with Crippen LogP contribution in [0.25, 0.3) is 0 Å². The normalized spacial score (nSPS) is 12.1. The molecule has 0 bridgehead atoms. The van der Waals surface area contributed by atoms with Crippen LogP contribution in [0.5, 0.6) is 0 Å². The quantitative estimate of drug-likeness (QED) is 0.346. The molecule has 0 aliphatic carbocycles. The van der Waals surface area contributed by atoms with Gasteiger partial charge in [0.2, 0.25) is 17.8 Å². The van der Waals surface area contributed by atoms with Crippen molar-refractivity contribution in [2.75, 3.05) is 50.0 Å². The van der Waals surface area contributed by atoms with Crippen molar-refractivity contribution in [3.63, 3.8) is 0 Å². The molecule has 102 valence electrons. The molecule has 0 saturated heterocycles. The molecule has 0 fully saturated rings. The van der Waals surface area contributed by atoms with E-state index in [-0.39, 0.29) is 19.1 Å². The van der Waals surface area contributed by atoms with E-state index in [2.05, 4.69) is 25.7 Å². The number of nitrogens with zero attached hydrogens (tertiary/aromatic N) is 4. The Morgan fingerprint density at radius 1 is 1.33 bits per heavy atom. The third kappa shape index (κ3) is 4.28. The molecule has 1 heterocycles. The summed E-state index contributed by atoms with van der Waals surface area (Å²) < 4.78 is 4.82. The number of nitrogen functional groups attached to an aromatic ring is 1. The Morgan fingerprint density at radius 3 is 2.56 bits per heavy atom. The number of nitrogens with one attached hydrogen (secondary N) is 2. The molecule has 0 aliphatic rings. The van der Waals surface area contributed by atoms with Gasteiger partial charge in [-0.2, -0.15) is 15.0 Å². The molecule has 0 aliphatic heterocycles. The van der Waals surface area contributed by atoms with Gasteiger partial charge >= 0.3 is 0 Å². The van der Waals surface area contributed by atoms with Crippen LogP contribution >= 0.6 is 0 Å². The number of hydrogen-bond donors (Lipinski definition) is 4. The van der Waals surface area contributed by atoms with Gasteiger partial charge in [-0.15, -0.1) is 0 Å². The van der Waals surface area contributed by atoms with Crippen LogP contribution in [0.15, 0.2) is 0 Å². The van der Waals surface area contributed by atoms with Gasteiger partial charge in [-0.1, -0.05) is 0 Å². The topological polar surface area (TPSA) is 121 Å². The highest BCUT2D eigenvalue weighted by Crippen LogP contribution is 2.10. The molecular weight excluding hydrogens is 238 g/mol. The van der Waals surface area contributed by atoms with E-state index in [1.807, 2.05) is 0 Å². The average Bonchev–Trinajstić information content (AvgIpc) is 2.36. The molecule has 9 heteroatoms. The van der Waals surface area contributed by atoms with E-state index in [1.165, 1.54) is 7.11 Å². The molecule has 0 saturated carbocycles. The second-order valence-corrected chi connectivity index (χ2v) is 3.81. The molecule has 9 nitrogen and oxygen atoms in total. The second-order valence-electron chi connectivity index (χ2n) is 3.81. The Bertz CT molecular complexity index is 374. The molecule has 18 heavy (non-hydrogen) atoms. The molecule has 5 N–H and O–H groups in total. The summed E-state index contributed by atoms with van der Waals surface area (Å²) in [5.41, 5.74) is 2.36. The molecular formula is C9H19N7O2. The van der Waals surface area contributed by atoms with Crippen molar-refractivity contribution < 1.29 is 9.84 Å². The number of nitrogens with two attached hydrogens (primary N) is 1. The summed E-state index contributed by atoms with van der Waals surface area (Å²) in [4.78, 5) is 14.0. The lowest BCUT2D eigenvalue weighted by Gasteiger charge is -2.14. The van der Waals surface area contributed by atoms with Crippen molar-refractivity contribution >= 4 is 17.8 Å². The first kappa shape index (κ1) is 14.4. The van der Waals surface area contributed by atoms with Gasteiger partial charge in [0, 0.05) is 27.7 Å². The summed E-state index contributed by atoms with van der Waals surface area (Å²) in [7, 11) is 5.13. The van der Waals surface area contributed by atoms with E-state index in [4.69, 9.17) is 10.6 Å². The molecule has 1 rings (SSSR count). The number of aliphatic hydroxyl groups is 1. The average molecular weight is 257 g/mol. The predicted molar refractivity (Wildman–Crippen MR) is 68.3 cm³/mol. The monoisotopic (exact) mass is 257 g/mol. The molecule has 0 radical (unpaired) electrons. The minimum absolute atomic E-state index is 0.237. The van der Waals surface area contributed by atoms with Crippen LogP contribution < -0.4 is 21.5 Å². The highest BCUT2D eigenvalue weighted by Gasteiger charge is 2.09. The van der Waals surface area contributed by atoms with Gasteiger partial charge in [0.15, 0.2) is 0 Å². The number of aliphatic hydroxyl groups excluding tert-OH is 1. The predicted octanol–water partition coefficient (Wildman–Crippen LogP) is -1.36. The van der Waals surface area contributed by atoms with Gasteiger partial charge in [0.25, 0.3) is 0 Å². The Balaban J connectivity index is 2.72. The number of ether oxygens (including phenoxy) is 1. The minimum atomic E-state index is -0.635. The molecule has 0 amide bonds. The van der Waals surface area contributed by atoms with Gasteiger partial charge in [0.1, 0.15) is 0 Å². The number of methoxy groups -OCH3 is 1. The lowest BCUT2D eigenvalue weighted by Crippen LogP contribution is -2.26. The van der Waals surface area contributed by atoms with Crippen LogP contribution in [0.1, 0.15) is 0 Å². The van der Waals surface area contributed by atoms with Crippen LogP contribution in [-0.2, 0) is 4.74 Å². The first-order valence-electron chi connectivity index (χ1n) is 5.37. The number of rotatable bonds is 7. The maximum atomic E-state index is 9.51. The van der Waals surface area contributed by atoms with E-state index in [0.29, 0.717) is 11.9 Å². The fourth-order valence-corrected chi connectivity index (χ4v) is 1.17. The Morgan fingerprint density at radius 2 is 2.00 bits per heavy atom.